The third-order valence-electron chi connectivity index (χ3n) is 2.26. The zero-order valence-electron chi connectivity index (χ0n) is 8.36. The highest BCUT2D eigenvalue weighted by Gasteiger charge is 2.38. The van der Waals surface area contributed by atoms with Crippen LogP contribution in [0, 0.1) is 11.8 Å². The molecule has 3 nitrogen and oxygen atoms in total. The van der Waals surface area contributed by atoms with Crippen LogP contribution in [-0.2, 0) is 9.53 Å². The largest absolute Gasteiger partial charge is 0.368 e. The fourth-order valence-electron chi connectivity index (χ4n) is 1.40. The van der Waals surface area contributed by atoms with Crippen molar-refractivity contribution in [2.45, 2.75) is 12.1 Å². The molecule has 1 aliphatic rings. The summed E-state index contributed by atoms with van der Waals surface area (Å²) < 4.78 is 4.98. The highest BCUT2D eigenvalue weighted by Crippen LogP contribution is 2.08. The van der Waals surface area contributed by atoms with Gasteiger partial charge in [-0.15, -0.1) is 0 Å². The van der Waals surface area contributed by atoms with E-state index in [9.17, 15) is 4.79 Å². The molecule has 15 heavy (non-hydrogen) atoms. The Hall–Kier alpha value is -1.79. The fourth-order valence-corrected chi connectivity index (χ4v) is 1.40. The molecule has 0 saturated carbocycles. The van der Waals surface area contributed by atoms with Gasteiger partial charge in [-0.05, 0) is 12.1 Å². The van der Waals surface area contributed by atoms with Crippen molar-refractivity contribution in [3.05, 3.63) is 35.9 Å². The maximum Gasteiger partial charge on any atom is 0.253 e. The van der Waals surface area contributed by atoms with Crippen LogP contribution in [0.3, 0.4) is 0 Å². The summed E-state index contributed by atoms with van der Waals surface area (Å²) >= 11 is 0. The molecule has 0 aliphatic carbocycles. The maximum absolute atomic E-state index is 11.0. The van der Waals surface area contributed by atoms with Gasteiger partial charge in [0.25, 0.3) is 5.91 Å². The van der Waals surface area contributed by atoms with E-state index in [4.69, 9.17) is 4.74 Å². The predicted molar refractivity (Wildman–Crippen MR) is 56.0 cm³/mol. The van der Waals surface area contributed by atoms with Crippen LogP contribution >= 0.6 is 0 Å². The number of nitrogens with one attached hydrogen (secondary N) is 1. The number of methoxy groups -OCH3 is 1. The third kappa shape index (κ3) is 2.00. The third-order valence-corrected chi connectivity index (χ3v) is 2.26. The van der Waals surface area contributed by atoms with Crippen LogP contribution < -0.4 is 5.32 Å². The van der Waals surface area contributed by atoms with Crippen LogP contribution in [0.4, 0.5) is 0 Å². The van der Waals surface area contributed by atoms with Crippen LogP contribution in [0.25, 0.3) is 0 Å². The second-order valence-electron chi connectivity index (χ2n) is 3.28. The Kier molecular flexibility index (Phi) is 2.70. The van der Waals surface area contributed by atoms with Crippen molar-refractivity contribution in [2.75, 3.05) is 7.11 Å². The molecule has 1 aliphatic heterocycles. The van der Waals surface area contributed by atoms with Crippen LogP contribution in [0.1, 0.15) is 5.56 Å². The summed E-state index contributed by atoms with van der Waals surface area (Å²) in [6, 6.07) is 9.47. The molecule has 1 fully saturated rings. The van der Waals surface area contributed by atoms with Gasteiger partial charge in [-0.2, -0.15) is 0 Å². The number of hydrogen-bond acceptors (Lipinski definition) is 2. The molecule has 1 aromatic carbocycles. The zero-order chi connectivity index (χ0) is 10.7. The van der Waals surface area contributed by atoms with E-state index in [0.29, 0.717) is 0 Å². The summed E-state index contributed by atoms with van der Waals surface area (Å²) in [6.07, 6.45) is -0.416. The topological polar surface area (TPSA) is 38.3 Å². The molecule has 0 bridgehead atoms. The van der Waals surface area contributed by atoms with Gasteiger partial charge in [-0.3, -0.25) is 4.79 Å². The Morgan fingerprint density at radius 1 is 1.33 bits per heavy atom. The molecule has 2 atom stereocenters. The lowest BCUT2D eigenvalue weighted by Gasteiger charge is -2.31. The van der Waals surface area contributed by atoms with Gasteiger partial charge >= 0.3 is 0 Å². The minimum absolute atomic E-state index is 0.0927. The molecular formula is C12H11NO2. The molecule has 2 unspecified atom stereocenters. The first-order valence-corrected chi connectivity index (χ1v) is 4.71. The van der Waals surface area contributed by atoms with Crippen molar-refractivity contribution < 1.29 is 9.53 Å². The van der Waals surface area contributed by atoms with Gasteiger partial charge in [0.15, 0.2) is 6.10 Å². The summed E-state index contributed by atoms with van der Waals surface area (Å²) in [5.74, 6) is 5.85. The first-order valence-electron chi connectivity index (χ1n) is 4.71. The van der Waals surface area contributed by atoms with E-state index in [0.717, 1.165) is 5.56 Å². The van der Waals surface area contributed by atoms with Crippen LogP contribution in [0.15, 0.2) is 30.3 Å². The molecule has 1 saturated heterocycles. The van der Waals surface area contributed by atoms with Gasteiger partial charge in [0.2, 0.25) is 0 Å². The number of rotatable bonds is 1. The van der Waals surface area contributed by atoms with Gasteiger partial charge in [0.1, 0.15) is 6.04 Å². The first-order chi connectivity index (χ1) is 7.31. The second kappa shape index (κ2) is 4.16. The van der Waals surface area contributed by atoms with Gasteiger partial charge in [0.05, 0.1) is 0 Å². The minimum atomic E-state index is -0.416. The average Bonchev–Trinajstić information content (AvgIpc) is 2.26. The SMILES string of the molecule is COC1C(=O)NC1C#Cc1ccccc1. The lowest BCUT2D eigenvalue weighted by Crippen LogP contribution is -2.62. The minimum Gasteiger partial charge on any atom is -0.368 e. The van der Waals surface area contributed by atoms with E-state index in [2.05, 4.69) is 17.2 Å². The standard InChI is InChI=1S/C12H11NO2/c1-15-11-10(13-12(11)14)8-7-9-5-3-2-4-6-9/h2-6,10-11H,1H3,(H,13,14). The first kappa shape index (κ1) is 9.75. The number of carbonyl (C=O) groups excluding carboxylic acids is 1. The second-order valence-corrected chi connectivity index (χ2v) is 3.28. The van der Waals surface area contributed by atoms with Crippen molar-refractivity contribution in [1.29, 1.82) is 0 Å². The smallest absolute Gasteiger partial charge is 0.253 e. The van der Waals surface area contributed by atoms with Gasteiger partial charge in [-0.25, -0.2) is 0 Å². The van der Waals surface area contributed by atoms with Crippen LogP contribution in [-0.4, -0.2) is 25.2 Å². The number of β-lactam (4-membered cyclic amide) rings is 1. The lowest BCUT2D eigenvalue weighted by atomic mass is 10.0. The van der Waals surface area contributed by atoms with Crippen molar-refractivity contribution in [1.82, 2.24) is 5.32 Å². The molecular weight excluding hydrogens is 190 g/mol. The Bertz CT molecular complexity index is 416. The van der Waals surface area contributed by atoms with E-state index in [1.807, 2.05) is 30.3 Å². The van der Waals surface area contributed by atoms with E-state index in [1.54, 1.807) is 0 Å². The molecule has 0 spiro atoms. The van der Waals surface area contributed by atoms with Gasteiger partial charge in [0, 0.05) is 12.7 Å². The Morgan fingerprint density at radius 2 is 2.07 bits per heavy atom. The van der Waals surface area contributed by atoms with E-state index in [-0.39, 0.29) is 11.9 Å². The molecule has 1 heterocycles. The molecule has 1 amide bonds. The van der Waals surface area contributed by atoms with Crippen molar-refractivity contribution in [3.63, 3.8) is 0 Å². The number of ether oxygens (including phenoxy) is 1. The van der Waals surface area contributed by atoms with Gasteiger partial charge in [-0.1, -0.05) is 30.0 Å². The summed E-state index contributed by atoms with van der Waals surface area (Å²) in [6.45, 7) is 0. The molecule has 2 rings (SSSR count). The summed E-state index contributed by atoms with van der Waals surface area (Å²) in [5, 5.41) is 2.68. The predicted octanol–water partition coefficient (Wildman–Crippen LogP) is 0.551. The van der Waals surface area contributed by atoms with Crippen molar-refractivity contribution in [3.8, 4) is 11.8 Å². The Morgan fingerprint density at radius 3 is 2.67 bits per heavy atom. The van der Waals surface area contributed by atoms with Crippen molar-refractivity contribution in [2.24, 2.45) is 0 Å². The summed E-state index contributed by atoms with van der Waals surface area (Å²) in [4.78, 5) is 11.0. The molecule has 0 aromatic heterocycles. The maximum atomic E-state index is 11.0. The Labute approximate surface area is 88.4 Å². The number of benzene rings is 1. The number of carbonyl (C=O) groups is 1. The zero-order valence-corrected chi connectivity index (χ0v) is 8.36. The van der Waals surface area contributed by atoms with Gasteiger partial charge < -0.3 is 10.1 Å². The lowest BCUT2D eigenvalue weighted by molar-refractivity contribution is -0.142. The van der Waals surface area contributed by atoms with E-state index >= 15 is 0 Å². The normalized spacial score (nSPS) is 23.4. The monoisotopic (exact) mass is 201 g/mol. The molecule has 1 aromatic rings. The average molecular weight is 201 g/mol. The summed E-state index contributed by atoms with van der Waals surface area (Å²) in [5.41, 5.74) is 0.938. The molecule has 1 N–H and O–H groups in total. The van der Waals surface area contributed by atoms with Crippen molar-refractivity contribution >= 4 is 5.91 Å². The Balaban J connectivity index is 2.04. The number of amides is 1. The summed E-state index contributed by atoms with van der Waals surface area (Å²) in [7, 11) is 1.51. The highest BCUT2D eigenvalue weighted by atomic mass is 16.5. The molecule has 3 heteroatoms. The fraction of sp³-hybridized carbons (Fsp3) is 0.250. The molecule has 0 radical (unpaired) electrons. The van der Waals surface area contributed by atoms with E-state index < -0.39 is 6.10 Å². The highest BCUT2D eigenvalue weighted by molar-refractivity contribution is 5.89. The van der Waals surface area contributed by atoms with E-state index in [1.165, 1.54) is 7.11 Å². The quantitative estimate of drug-likeness (QED) is 0.532. The van der Waals surface area contributed by atoms with Crippen LogP contribution in [0.5, 0.6) is 0 Å². The number of hydrogen-bond donors (Lipinski definition) is 1. The molecule has 76 valence electrons. The van der Waals surface area contributed by atoms with Crippen LogP contribution in [0.2, 0.25) is 0 Å².